The van der Waals surface area contributed by atoms with E-state index >= 15 is 0 Å². The molecule has 0 saturated carbocycles. The summed E-state index contributed by atoms with van der Waals surface area (Å²) in [5.41, 5.74) is 4.98. The lowest BCUT2D eigenvalue weighted by Crippen LogP contribution is -2.27. The van der Waals surface area contributed by atoms with Crippen molar-refractivity contribution in [2.24, 2.45) is 0 Å². The van der Waals surface area contributed by atoms with Crippen LogP contribution >= 0.6 is 0 Å². The topological polar surface area (TPSA) is 62.3 Å². The maximum absolute atomic E-state index is 13.0. The fourth-order valence-corrected chi connectivity index (χ4v) is 3.53. The highest BCUT2D eigenvalue weighted by atomic mass is 16.2. The third-order valence-corrected chi connectivity index (χ3v) is 5.05. The number of nitrogens with one attached hydrogen (secondary N) is 1. The molecule has 0 aliphatic carbocycles. The molecule has 3 aromatic rings. The van der Waals surface area contributed by atoms with Gasteiger partial charge in [-0.3, -0.25) is 14.6 Å². The molecule has 1 aromatic heterocycles. The predicted octanol–water partition coefficient (Wildman–Crippen LogP) is 3.48. The SMILES string of the molecule is Cc1ccccc1CNC(=O)c1cccc2c1C(=O)N(Cc1cccnc1)C2. The van der Waals surface area contributed by atoms with Crippen molar-refractivity contribution in [2.75, 3.05) is 0 Å². The largest absolute Gasteiger partial charge is 0.348 e. The minimum atomic E-state index is -0.225. The lowest BCUT2D eigenvalue weighted by Gasteiger charge is -2.15. The molecule has 2 heterocycles. The lowest BCUT2D eigenvalue weighted by atomic mass is 10.0. The number of aromatic nitrogens is 1. The van der Waals surface area contributed by atoms with E-state index in [2.05, 4.69) is 10.3 Å². The number of carbonyl (C=O) groups excluding carboxylic acids is 2. The maximum atomic E-state index is 13.0. The summed E-state index contributed by atoms with van der Waals surface area (Å²) in [6, 6.07) is 17.2. The molecule has 1 N–H and O–H groups in total. The van der Waals surface area contributed by atoms with Crippen molar-refractivity contribution in [3.05, 3.63) is 100 Å². The van der Waals surface area contributed by atoms with Crippen molar-refractivity contribution in [3.63, 3.8) is 0 Å². The van der Waals surface area contributed by atoms with Crippen LogP contribution in [0.1, 0.15) is 43.0 Å². The number of fused-ring (bicyclic) bond motifs is 1. The molecule has 28 heavy (non-hydrogen) atoms. The molecule has 0 unspecified atom stereocenters. The van der Waals surface area contributed by atoms with Crippen molar-refractivity contribution in [1.82, 2.24) is 15.2 Å². The second-order valence-corrected chi connectivity index (χ2v) is 6.97. The number of aryl methyl sites for hydroxylation is 1. The smallest absolute Gasteiger partial charge is 0.255 e. The highest BCUT2D eigenvalue weighted by Crippen LogP contribution is 2.27. The molecule has 140 valence electrons. The minimum absolute atomic E-state index is 0.111. The van der Waals surface area contributed by atoms with Crippen LogP contribution in [0.3, 0.4) is 0 Å². The average molecular weight is 371 g/mol. The summed E-state index contributed by atoms with van der Waals surface area (Å²) in [7, 11) is 0. The fourth-order valence-electron chi connectivity index (χ4n) is 3.53. The molecule has 0 saturated heterocycles. The Morgan fingerprint density at radius 3 is 2.75 bits per heavy atom. The highest BCUT2D eigenvalue weighted by molar-refractivity contribution is 6.09. The molecule has 2 amide bonds. The van der Waals surface area contributed by atoms with Crippen LogP contribution in [0.25, 0.3) is 0 Å². The van der Waals surface area contributed by atoms with Crippen molar-refractivity contribution in [3.8, 4) is 0 Å². The molecule has 5 nitrogen and oxygen atoms in total. The van der Waals surface area contributed by atoms with Gasteiger partial charge in [0.1, 0.15) is 0 Å². The molecule has 2 aromatic carbocycles. The van der Waals surface area contributed by atoms with Crippen molar-refractivity contribution < 1.29 is 9.59 Å². The molecular formula is C23H21N3O2. The van der Waals surface area contributed by atoms with Crippen LogP contribution in [0.15, 0.2) is 67.0 Å². The predicted molar refractivity (Wildman–Crippen MR) is 107 cm³/mol. The summed E-state index contributed by atoms with van der Waals surface area (Å²) in [4.78, 5) is 31.6. The first-order valence-electron chi connectivity index (χ1n) is 9.26. The summed E-state index contributed by atoms with van der Waals surface area (Å²) in [5.74, 6) is -0.336. The molecule has 0 spiro atoms. The molecule has 4 rings (SSSR count). The van der Waals surface area contributed by atoms with E-state index in [1.54, 1.807) is 23.4 Å². The van der Waals surface area contributed by atoms with Gasteiger partial charge in [0.15, 0.2) is 0 Å². The van der Waals surface area contributed by atoms with Gasteiger partial charge in [-0.1, -0.05) is 42.5 Å². The highest BCUT2D eigenvalue weighted by Gasteiger charge is 2.31. The number of carbonyl (C=O) groups is 2. The second-order valence-electron chi connectivity index (χ2n) is 6.97. The van der Waals surface area contributed by atoms with Crippen LogP contribution < -0.4 is 5.32 Å². The number of hydrogen-bond acceptors (Lipinski definition) is 3. The van der Waals surface area contributed by atoms with Crippen molar-refractivity contribution in [2.45, 2.75) is 26.6 Å². The van der Waals surface area contributed by atoms with E-state index in [1.165, 1.54) is 0 Å². The first-order chi connectivity index (χ1) is 13.6. The normalized spacial score (nSPS) is 12.8. The van der Waals surface area contributed by atoms with Crippen LogP contribution in [-0.2, 0) is 19.6 Å². The van der Waals surface area contributed by atoms with Crippen LogP contribution in [0.4, 0.5) is 0 Å². The van der Waals surface area contributed by atoms with Gasteiger partial charge in [0, 0.05) is 32.0 Å². The van der Waals surface area contributed by atoms with Gasteiger partial charge in [-0.15, -0.1) is 0 Å². The molecular weight excluding hydrogens is 350 g/mol. The average Bonchev–Trinajstić information content (AvgIpc) is 3.03. The molecule has 5 heteroatoms. The first-order valence-corrected chi connectivity index (χ1v) is 9.26. The summed E-state index contributed by atoms with van der Waals surface area (Å²) >= 11 is 0. The number of hydrogen-bond donors (Lipinski definition) is 1. The summed E-state index contributed by atoms with van der Waals surface area (Å²) in [6.07, 6.45) is 3.47. The molecule has 1 aliphatic rings. The Morgan fingerprint density at radius 2 is 1.96 bits per heavy atom. The molecule has 0 fully saturated rings. The Hall–Kier alpha value is -3.47. The van der Waals surface area contributed by atoms with Gasteiger partial charge in [-0.2, -0.15) is 0 Å². The van der Waals surface area contributed by atoms with E-state index < -0.39 is 0 Å². The number of benzene rings is 2. The van der Waals surface area contributed by atoms with E-state index in [-0.39, 0.29) is 11.8 Å². The second kappa shape index (κ2) is 7.64. The van der Waals surface area contributed by atoms with Crippen molar-refractivity contribution >= 4 is 11.8 Å². The zero-order valence-electron chi connectivity index (χ0n) is 15.7. The van der Waals surface area contributed by atoms with Gasteiger partial charge < -0.3 is 10.2 Å². The Labute approximate surface area is 164 Å². The van der Waals surface area contributed by atoms with Crippen LogP contribution in [0.5, 0.6) is 0 Å². The summed E-state index contributed by atoms with van der Waals surface area (Å²) in [5, 5.41) is 2.95. The first kappa shape index (κ1) is 17.9. The Morgan fingerprint density at radius 1 is 1.11 bits per heavy atom. The number of nitrogens with zero attached hydrogens (tertiary/aromatic N) is 2. The maximum Gasteiger partial charge on any atom is 0.255 e. The number of pyridine rings is 1. The van der Waals surface area contributed by atoms with Gasteiger partial charge >= 0.3 is 0 Å². The minimum Gasteiger partial charge on any atom is -0.348 e. The molecule has 0 bridgehead atoms. The van der Waals surface area contributed by atoms with E-state index in [0.717, 1.165) is 22.3 Å². The third kappa shape index (κ3) is 3.51. The van der Waals surface area contributed by atoms with E-state index in [0.29, 0.717) is 30.8 Å². The van der Waals surface area contributed by atoms with Gasteiger partial charge in [0.2, 0.25) is 0 Å². The summed E-state index contributed by atoms with van der Waals surface area (Å²) in [6.45, 7) is 3.43. The summed E-state index contributed by atoms with van der Waals surface area (Å²) < 4.78 is 0. The lowest BCUT2D eigenvalue weighted by molar-refractivity contribution is 0.0761. The van der Waals surface area contributed by atoms with Crippen LogP contribution in [0, 0.1) is 6.92 Å². The Kier molecular flexibility index (Phi) is 4.89. The standard InChI is InChI=1S/C23H21N3O2/c1-16-6-2-3-8-18(16)13-25-22(27)20-10-4-9-19-15-26(23(28)21(19)20)14-17-7-5-11-24-12-17/h2-12H,13-15H2,1H3,(H,25,27). The van der Waals surface area contributed by atoms with Gasteiger partial charge in [0.05, 0.1) is 11.1 Å². The zero-order valence-corrected chi connectivity index (χ0v) is 15.7. The number of amides is 2. The zero-order chi connectivity index (χ0) is 19.5. The van der Waals surface area contributed by atoms with Crippen molar-refractivity contribution in [1.29, 1.82) is 0 Å². The number of rotatable bonds is 5. The Bertz CT molecular complexity index is 1030. The fraction of sp³-hybridized carbons (Fsp3) is 0.174. The molecule has 0 radical (unpaired) electrons. The van der Waals surface area contributed by atoms with E-state index in [9.17, 15) is 9.59 Å². The Balaban J connectivity index is 1.52. The molecule has 1 aliphatic heterocycles. The monoisotopic (exact) mass is 371 g/mol. The molecule has 0 atom stereocenters. The van der Waals surface area contributed by atoms with Crippen LogP contribution in [0.2, 0.25) is 0 Å². The van der Waals surface area contributed by atoms with Gasteiger partial charge in [-0.05, 0) is 41.3 Å². The van der Waals surface area contributed by atoms with E-state index in [4.69, 9.17) is 0 Å². The third-order valence-electron chi connectivity index (χ3n) is 5.05. The quantitative estimate of drug-likeness (QED) is 0.747. The van der Waals surface area contributed by atoms with E-state index in [1.807, 2.05) is 55.5 Å². The van der Waals surface area contributed by atoms with Crippen LogP contribution in [-0.4, -0.2) is 21.7 Å². The van der Waals surface area contributed by atoms with Gasteiger partial charge in [0.25, 0.3) is 11.8 Å². The van der Waals surface area contributed by atoms with Gasteiger partial charge in [-0.25, -0.2) is 0 Å².